The second-order valence-corrected chi connectivity index (χ2v) is 6.86. The molecule has 1 aromatic rings. The number of hydrogen-bond donors (Lipinski definition) is 3. The predicted molar refractivity (Wildman–Crippen MR) is 108 cm³/mol. The van der Waals surface area contributed by atoms with Gasteiger partial charge in [0, 0.05) is 23.4 Å². The Morgan fingerprint density at radius 2 is 2.15 bits per heavy atom. The molecular weight excluding hydrogens is 422 g/mol. The zero-order chi connectivity index (χ0) is 19.4. The number of urea groups is 1. The number of methoxy groups -OCH3 is 1. The highest BCUT2D eigenvalue weighted by Crippen LogP contribution is 2.35. The van der Waals surface area contributed by atoms with Crippen LogP contribution in [0, 0.1) is 0 Å². The molecule has 0 bridgehead atoms. The number of nitrogens with zero attached hydrogens (tertiary/aromatic N) is 2. The minimum absolute atomic E-state index is 0.141. The fraction of sp³-hybridized carbons (Fsp3) is 0.294. The van der Waals surface area contributed by atoms with E-state index in [0.717, 1.165) is 0 Å². The highest BCUT2D eigenvalue weighted by Gasteiger charge is 2.30. The minimum Gasteiger partial charge on any atom is -0.496 e. The monoisotopic (exact) mass is 441 g/mol. The Morgan fingerprint density at radius 3 is 2.73 bits per heavy atom. The van der Waals surface area contributed by atoms with E-state index in [0.29, 0.717) is 50.9 Å². The first kappa shape index (κ1) is 20.1. The van der Waals surface area contributed by atoms with E-state index in [1.807, 2.05) is 6.92 Å². The molecule has 0 aromatic heterocycles. The predicted octanol–water partition coefficient (Wildman–Crippen LogP) is 2.70. The summed E-state index contributed by atoms with van der Waals surface area (Å²) in [6, 6.07) is 3.24. The van der Waals surface area contributed by atoms with Crippen molar-refractivity contribution >= 4 is 45.0 Å². The molecule has 140 valence electrons. The zero-order valence-electron chi connectivity index (χ0n) is 14.6. The standard InChI is InChI=1S/C17H21BrClN5O2/c1-4-22-17(25)24-7-11(14(8-24)23-9(2)20)16(21)10-5-15(26-3)12(18)6-13(10)19/h5-6H,2,4,7-8,20-21H2,1,3H3,(H,22,25)/b16-11-,23-14-. The number of aliphatic imine (C=N–C) groups is 1. The molecule has 0 radical (unpaired) electrons. The van der Waals surface area contributed by atoms with Crippen LogP contribution < -0.4 is 21.5 Å². The van der Waals surface area contributed by atoms with E-state index in [2.05, 4.69) is 32.8 Å². The summed E-state index contributed by atoms with van der Waals surface area (Å²) in [6.07, 6.45) is 0. The van der Waals surface area contributed by atoms with Gasteiger partial charge in [-0.25, -0.2) is 9.79 Å². The van der Waals surface area contributed by atoms with Crippen molar-refractivity contribution in [2.45, 2.75) is 6.92 Å². The van der Waals surface area contributed by atoms with Crippen LogP contribution in [0.15, 0.2) is 39.6 Å². The summed E-state index contributed by atoms with van der Waals surface area (Å²) < 4.78 is 6.03. The van der Waals surface area contributed by atoms with E-state index in [4.69, 9.17) is 27.8 Å². The van der Waals surface area contributed by atoms with Gasteiger partial charge in [-0.15, -0.1) is 0 Å². The van der Waals surface area contributed by atoms with Gasteiger partial charge in [-0.05, 0) is 35.0 Å². The van der Waals surface area contributed by atoms with E-state index < -0.39 is 0 Å². The highest BCUT2D eigenvalue weighted by molar-refractivity contribution is 9.10. The maximum Gasteiger partial charge on any atom is 0.318 e. The van der Waals surface area contributed by atoms with Crippen molar-refractivity contribution in [3.8, 4) is 5.75 Å². The second kappa shape index (κ2) is 8.46. The molecular formula is C17H21BrClN5O2. The van der Waals surface area contributed by atoms with E-state index in [1.54, 1.807) is 24.1 Å². The number of benzene rings is 1. The molecule has 9 heteroatoms. The Labute approximate surface area is 165 Å². The van der Waals surface area contributed by atoms with Crippen LogP contribution in [0.1, 0.15) is 12.5 Å². The van der Waals surface area contributed by atoms with Gasteiger partial charge in [-0.1, -0.05) is 18.2 Å². The molecule has 1 fully saturated rings. The molecule has 0 aliphatic carbocycles. The summed E-state index contributed by atoms with van der Waals surface area (Å²) in [5.74, 6) is 0.732. The lowest BCUT2D eigenvalue weighted by atomic mass is 10.0. The van der Waals surface area contributed by atoms with Gasteiger partial charge in [-0.2, -0.15) is 0 Å². The lowest BCUT2D eigenvalue weighted by molar-refractivity contribution is 0.212. The minimum atomic E-state index is -0.204. The quantitative estimate of drug-likeness (QED) is 0.666. The first-order valence-corrected chi connectivity index (χ1v) is 9.02. The summed E-state index contributed by atoms with van der Waals surface area (Å²) in [5.41, 5.74) is 14.3. The largest absolute Gasteiger partial charge is 0.496 e. The Hall–Kier alpha value is -2.19. The topological polar surface area (TPSA) is 106 Å². The van der Waals surface area contributed by atoms with Crippen molar-refractivity contribution in [2.24, 2.45) is 16.5 Å². The van der Waals surface area contributed by atoms with Crippen LogP contribution in [-0.2, 0) is 0 Å². The van der Waals surface area contributed by atoms with Gasteiger partial charge in [0.2, 0.25) is 0 Å². The molecule has 0 atom stereocenters. The number of nitrogens with one attached hydrogen (secondary N) is 1. The molecule has 0 unspecified atom stereocenters. The SMILES string of the molecule is C=C(N)/N=C1/CN(C(=O)NCC)C/C1=C(/N)c1cc(OC)c(Br)cc1Cl. The number of carbonyl (C=O) groups excluding carboxylic acids is 1. The third kappa shape index (κ3) is 4.31. The molecule has 1 aliphatic rings. The van der Waals surface area contributed by atoms with Crippen molar-refractivity contribution in [2.75, 3.05) is 26.7 Å². The number of nitrogens with two attached hydrogens (primary N) is 2. The van der Waals surface area contributed by atoms with Gasteiger partial charge >= 0.3 is 6.03 Å². The maximum atomic E-state index is 12.2. The first-order valence-electron chi connectivity index (χ1n) is 7.85. The fourth-order valence-electron chi connectivity index (χ4n) is 2.59. The molecule has 7 nitrogen and oxygen atoms in total. The van der Waals surface area contributed by atoms with Crippen LogP contribution >= 0.6 is 27.5 Å². The Bertz CT molecular complexity index is 807. The van der Waals surface area contributed by atoms with Gasteiger partial charge in [0.1, 0.15) is 11.6 Å². The van der Waals surface area contributed by atoms with E-state index in [9.17, 15) is 4.79 Å². The summed E-state index contributed by atoms with van der Waals surface area (Å²) in [7, 11) is 1.55. The molecule has 1 aliphatic heterocycles. The summed E-state index contributed by atoms with van der Waals surface area (Å²) in [5, 5.41) is 3.21. The van der Waals surface area contributed by atoms with Gasteiger partial charge in [0.25, 0.3) is 0 Å². The van der Waals surface area contributed by atoms with Crippen molar-refractivity contribution in [3.05, 3.63) is 45.2 Å². The maximum absolute atomic E-state index is 12.2. The molecule has 0 spiro atoms. The number of likely N-dealkylation sites (tertiary alicyclic amines) is 1. The Kier molecular flexibility index (Phi) is 6.55. The molecule has 2 rings (SSSR count). The molecule has 5 N–H and O–H groups in total. The Morgan fingerprint density at radius 1 is 1.46 bits per heavy atom. The van der Waals surface area contributed by atoms with E-state index in [-0.39, 0.29) is 18.4 Å². The first-order chi connectivity index (χ1) is 12.3. The normalized spacial score (nSPS) is 17.4. The number of carbonyl (C=O) groups is 1. The Balaban J connectivity index is 2.53. The fourth-order valence-corrected chi connectivity index (χ4v) is 3.49. The average Bonchev–Trinajstić information content (AvgIpc) is 2.98. The number of rotatable bonds is 4. The summed E-state index contributed by atoms with van der Waals surface area (Å²) >= 11 is 9.74. The number of amides is 2. The molecule has 1 saturated heterocycles. The molecule has 0 saturated carbocycles. The summed E-state index contributed by atoms with van der Waals surface area (Å²) in [6.45, 7) is 6.55. The average molecular weight is 443 g/mol. The second-order valence-electron chi connectivity index (χ2n) is 5.60. The van der Waals surface area contributed by atoms with Gasteiger partial charge in [0.15, 0.2) is 0 Å². The van der Waals surface area contributed by atoms with Gasteiger partial charge in [0.05, 0.1) is 35.4 Å². The van der Waals surface area contributed by atoms with Crippen LogP contribution in [0.3, 0.4) is 0 Å². The lowest BCUT2D eigenvalue weighted by Crippen LogP contribution is -2.38. The molecule has 2 amide bonds. The number of hydrogen-bond acceptors (Lipinski definition) is 5. The van der Waals surface area contributed by atoms with Crippen molar-refractivity contribution < 1.29 is 9.53 Å². The third-order valence-electron chi connectivity index (χ3n) is 3.79. The van der Waals surface area contributed by atoms with Crippen LogP contribution in [0.4, 0.5) is 4.79 Å². The van der Waals surface area contributed by atoms with E-state index in [1.165, 1.54) is 0 Å². The smallest absolute Gasteiger partial charge is 0.318 e. The van der Waals surface area contributed by atoms with Crippen LogP contribution in [-0.4, -0.2) is 43.4 Å². The van der Waals surface area contributed by atoms with E-state index >= 15 is 0 Å². The zero-order valence-corrected chi connectivity index (χ0v) is 16.9. The van der Waals surface area contributed by atoms with Gasteiger partial charge < -0.3 is 26.4 Å². The van der Waals surface area contributed by atoms with Crippen molar-refractivity contribution in [1.82, 2.24) is 10.2 Å². The number of ether oxygens (including phenoxy) is 1. The highest BCUT2D eigenvalue weighted by atomic mass is 79.9. The molecule has 1 heterocycles. The third-order valence-corrected chi connectivity index (χ3v) is 4.72. The van der Waals surface area contributed by atoms with Crippen molar-refractivity contribution in [1.29, 1.82) is 0 Å². The van der Waals surface area contributed by atoms with Gasteiger partial charge in [-0.3, -0.25) is 0 Å². The number of halogens is 2. The van der Waals surface area contributed by atoms with Crippen LogP contribution in [0.25, 0.3) is 5.70 Å². The summed E-state index contributed by atoms with van der Waals surface area (Å²) in [4.78, 5) is 18.0. The molecule has 1 aromatic carbocycles. The molecule has 26 heavy (non-hydrogen) atoms. The van der Waals surface area contributed by atoms with Crippen LogP contribution in [0.5, 0.6) is 5.75 Å². The lowest BCUT2D eigenvalue weighted by Gasteiger charge is -2.15. The van der Waals surface area contributed by atoms with Crippen LogP contribution in [0.2, 0.25) is 5.02 Å². The van der Waals surface area contributed by atoms with Crippen molar-refractivity contribution in [3.63, 3.8) is 0 Å².